The molecule has 0 saturated carbocycles. The van der Waals surface area contributed by atoms with Gasteiger partial charge in [-0.25, -0.2) is 0 Å². The van der Waals surface area contributed by atoms with Gasteiger partial charge >= 0.3 is 0 Å². The van der Waals surface area contributed by atoms with Crippen LogP contribution in [-0.4, -0.2) is 23.8 Å². The SMILES string of the molecule is O=C1C=CCOC1O. The van der Waals surface area contributed by atoms with Crippen molar-refractivity contribution in [3.05, 3.63) is 12.2 Å². The maximum Gasteiger partial charge on any atom is 0.219 e. The normalized spacial score (nSPS) is 28.6. The Bertz CT molecular complexity index is 128. The quantitative estimate of drug-likeness (QED) is 0.460. The molecule has 0 fully saturated rings. The number of ketones is 1. The van der Waals surface area contributed by atoms with Gasteiger partial charge in [0.2, 0.25) is 12.1 Å². The highest BCUT2D eigenvalue weighted by atomic mass is 16.6. The number of rotatable bonds is 0. The first-order valence-electron chi connectivity index (χ1n) is 2.31. The highest BCUT2D eigenvalue weighted by molar-refractivity contribution is 5.92. The molecule has 8 heavy (non-hydrogen) atoms. The Hall–Kier alpha value is -0.670. The summed E-state index contributed by atoms with van der Waals surface area (Å²) in [6, 6.07) is 0. The molecule has 1 heterocycles. The van der Waals surface area contributed by atoms with Crippen LogP contribution in [0.4, 0.5) is 0 Å². The molecule has 0 radical (unpaired) electrons. The standard InChI is InChI=1S/C5H6O3/c6-4-2-1-3-8-5(4)7/h1-2,5,7H,3H2. The van der Waals surface area contributed by atoms with Crippen LogP contribution in [-0.2, 0) is 9.53 Å². The van der Waals surface area contributed by atoms with Crippen molar-refractivity contribution in [1.82, 2.24) is 0 Å². The minimum absolute atomic E-state index is 0.326. The second kappa shape index (κ2) is 2.07. The average molecular weight is 114 g/mol. The maximum atomic E-state index is 10.3. The third kappa shape index (κ3) is 0.936. The number of aliphatic hydroxyl groups is 1. The minimum atomic E-state index is -1.22. The molecule has 0 aliphatic carbocycles. The Morgan fingerprint density at radius 3 is 3.00 bits per heavy atom. The van der Waals surface area contributed by atoms with Crippen molar-refractivity contribution in [2.45, 2.75) is 6.29 Å². The fourth-order valence-corrected chi connectivity index (χ4v) is 0.475. The molecule has 44 valence electrons. The summed E-state index contributed by atoms with van der Waals surface area (Å²) in [5.41, 5.74) is 0. The van der Waals surface area contributed by atoms with Gasteiger partial charge in [0.25, 0.3) is 0 Å². The van der Waals surface area contributed by atoms with Gasteiger partial charge in [-0.3, -0.25) is 4.79 Å². The Morgan fingerprint density at radius 2 is 2.62 bits per heavy atom. The lowest BCUT2D eigenvalue weighted by molar-refractivity contribution is -0.150. The van der Waals surface area contributed by atoms with Gasteiger partial charge in [0.15, 0.2) is 0 Å². The van der Waals surface area contributed by atoms with Gasteiger partial charge in [-0.2, -0.15) is 0 Å². The van der Waals surface area contributed by atoms with E-state index in [9.17, 15) is 4.79 Å². The molecule has 1 atom stereocenters. The second-order valence-corrected chi connectivity index (χ2v) is 1.49. The summed E-state index contributed by atoms with van der Waals surface area (Å²) < 4.78 is 4.51. The largest absolute Gasteiger partial charge is 0.362 e. The number of aliphatic hydroxyl groups excluding tert-OH is 1. The fourth-order valence-electron chi connectivity index (χ4n) is 0.475. The third-order valence-corrected chi connectivity index (χ3v) is 0.876. The Kier molecular flexibility index (Phi) is 1.41. The molecule has 0 spiro atoms. The average Bonchev–Trinajstić information content (AvgIpc) is 1.77. The number of hydrogen-bond acceptors (Lipinski definition) is 3. The first-order valence-corrected chi connectivity index (χ1v) is 2.31. The molecule has 1 aliphatic heterocycles. The number of hydrogen-bond donors (Lipinski definition) is 1. The van der Waals surface area contributed by atoms with Crippen LogP contribution in [0, 0.1) is 0 Å². The molecule has 3 nitrogen and oxygen atoms in total. The van der Waals surface area contributed by atoms with Gasteiger partial charge in [-0.15, -0.1) is 0 Å². The van der Waals surface area contributed by atoms with E-state index in [1.54, 1.807) is 6.08 Å². The lowest BCUT2D eigenvalue weighted by Gasteiger charge is -2.09. The van der Waals surface area contributed by atoms with Crippen LogP contribution in [0.1, 0.15) is 0 Å². The molecule has 0 aromatic carbocycles. The van der Waals surface area contributed by atoms with E-state index in [4.69, 9.17) is 5.11 Å². The Labute approximate surface area is 46.6 Å². The van der Waals surface area contributed by atoms with E-state index in [0.717, 1.165) is 0 Å². The summed E-state index contributed by atoms with van der Waals surface area (Å²) in [6.45, 7) is 0.326. The molecule has 1 aliphatic rings. The molecule has 1 N–H and O–H groups in total. The van der Waals surface area contributed by atoms with Crippen LogP contribution in [0.5, 0.6) is 0 Å². The molecule has 0 amide bonds. The van der Waals surface area contributed by atoms with Gasteiger partial charge < -0.3 is 9.84 Å². The van der Waals surface area contributed by atoms with Crippen molar-refractivity contribution >= 4 is 5.78 Å². The summed E-state index contributed by atoms with van der Waals surface area (Å²) >= 11 is 0. The van der Waals surface area contributed by atoms with E-state index in [1.807, 2.05) is 0 Å². The summed E-state index contributed by atoms with van der Waals surface area (Å²) in [5.74, 6) is -0.378. The summed E-state index contributed by atoms with van der Waals surface area (Å²) in [5, 5.41) is 8.55. The third-order valence-electron chi connectivity index (χ3n) is 0.876. The highest BCUT2D eigenvalue weighted by Gasteiger charge is 2.13. The van der Waals surface area contributed by atoms with Crippen LogP contribution < -0.4 is 0 Å². The predicted octanol–water partition coefficient (Wildman–Crippen LogP) is -0.540. The minimum Gasteiger partial charge on any atom is -0.362 e. The Balaban J connectivity index is 2.60. The smallest absolute Gasteiger partial charge is 0.219 e. The van der Waals surface area contributed by atoms with Gasteiger partial charge in [0.1, 0.15) is 0 Å². The van der Waals surface area contributed by atoms with Crippen molar-refractivity contribution in [2.24, 2.45) is 0 Å². The maximum absolute atomic E-state index is 10.3. The monoisotopic (exact) mass is 114 g/mol. The number of carbonyl (C=O) groups is 1. The van der Waals surface area contributed by atoms with E-state index >= 15 is 0 Å². The second-order valence-electron chi connectivity index (χ2n) is 1.49. The predicted molar refractivity (Wildman–Crippen MR) is 26.1 cm³/mol. The molecule has 0 aromatic heterocycles. The molecular weight excluding hydrogens is 108 g/mol. The van der Waals surface area contributed by atoms with Gasteiger partial charge in [0, 0.05) is 0 Å². The van der Waals surface area contributed by atoms with E-state index in [2.05, 4.69) is 4.74 Å². The lowest BCUT2D eigenvalue weighted by Crippen LogP contribution is -2.25. The summed E-state index contributed by atoms with van der Waals surface area (Å²) in [4.78, 5) is 10.3. The molecule has 1 unspecified atom stereocenters. The van der Waals surface area contributed by atoms with Crippen LogP contribution in [0.2, 0.25) is 0 Å². The first-order chi connectivity index (χ1) is 3.80. The molecule has 0 aromatic rings. The van der Waals surface area contributed by atoms with E-state index in [1.165, 1.54) is 6.08 Å². The molecule has 1 rings (SSSR count). The van der Waals surface area contributed by atoms with Crippen LogP contribution >= 0.6 is 0 Å². The van der Waals surface area contributed by atoms with Crippen LogP contribution in [0.25, 0.3) is 0 Å². The number of ether oxygens (including phenoxy) is 1. The topological polar surface area (TPSA) is 46.5 Å². The van der Waals surface area contributed by atoms with E-state index in [0.29, 0.717) is 6.61 Å². The van der Waals surface area contributed by atoms with E-state index in [-0.39, 0.29) is 5.78 Å². The molecule has 0 bridgehead atoms. The van der Waals surface area contributed by atoms with Gasteiger partial charge in [-0.05, 0) is 6.08 Å². The van der Waals surface area contributed by atoms with E-state index < -0.39 is 6.29 Å². The zero-order valence-electron chi connectivity index (χ0n) is 4.20. The highest BCUT2D eigenvalue weighted by Crippen LogP contribution is 1.96. The first kappa shape index (κ1) is 5.47. The van der Waals surface area contributed by atoms with Crippen molar-refractivity contribution in [3.8, 4) is 0 Å². The zero-order valence-corrected chi connectivity index (χ0v) is 4.20. The van der Waals surface area contributed by atoms with Crippen molar-refractivity contribution in [3.63, 3.8) is 0 Å². The fraction of sp³-hybridized carbons (Fsp3) is 0.400. The summed E-state index contributed by atoms with van der Waals surface area (Å²) in [7, 11) is 0. The molecule has 3 heteroatoms. The van der Waals surface area contributed by atoms with Gasteiger partial charge in [0.05, 0.1) is 6.61 Å². The molecule has 0 saturated heterocycles. The molecular formula is C5H6O3. The van der Waals surface area contributed by atoms with Gasteiger partial charge in [-0.1, -0.05) is 6.08 Å². The van der Waals surface area contributed by atoms with Crippen molar-refractivity contribution in [1.29, 1.82) is 0 Å². The van der Waals surface area contributed by atoms with Crippen LogP contribution in [0.3, 0.4) is 0 Å². The summed E-state index contributed by atoms with van der Waals surface area (Å²) in [6.07, 6.45) is 1.66. The lowest BCUT2D eigenvalue weighted by atomic mass is 10.3. The van der Waals surface area contributed by atoms with Crippen molar-refractivity contribution < 1.29 is 14.6 Å². The number of carbonyl (C=O) groups excluding carboxylic acids is 1. The Morgan fingerprint density at radius 1 is 1.88 bits per heavy atom. The van der Waals surface area contributed by atoms with Crippen LogP contribution in [0.15, 0.2) is 12.2 Å². The van der Waals surface area contributed by atoms with Crippen molar-refractivity contribution in [2.75, 3.05) is 6.61 Å². The zero-order chi connectivity index (χ0) is 5.98.